The first kappa shape index (κ1) is 22.4. The van der Waals surface area contributed by atoms with Crippen LogP contribution in [0.25, 0.3) is 10.8 Å². The third-order valence-electron chi connectivity index (χ3n) is 5.00. The van der Waals surface area contributed by atoms with E-state index in [0.29, 0.717) is 40.9 Å². The van der Waals surface area contributed by atoms with Crippen LogP contribution in [0.3, 0.4) is 0 Å². The molecule has 4 rings (SSSR count). The van der Waals surface area contributed by atoms with Crippen molar-refractivity contribution in [2.24, 2.45) is 5.10 Å². The lowest BCUT2D eigenvalue weighted by Crippen LogP contribution is -2.17. The van der Waals surface area contributed by atoms with Gasteiger partial charge in [0.25, 0.3) is 5.91 Å². The van der Waals surface area contributed by atoms with E-state index in [1.165, 1.54) is 6.21 Å². The maximum Gasteiger partial charge on any atom is 0.271 e. The molecular weight excluding hydrogens is 436 g/mol. The topological polar surface area (TPSA) is 59.9 Å². The molecule has 1 N–H and O–H groups in total. The van der Waals surface area contributed by atoms with Crippen molar-refractivity contribution < 1.29 is 14.3 Å². The zero-order chi connectivity index (χ0) is 23.0. The minimum Gasteiger partial charge on any atom is -0.490 e. The normalized spacial score (nSPS) is 11.0. The van der Waals surface area contributed by atoms with Crippen LogP contribution in [-0.4, -0.2) is 18.7 Å². The number of ether oxygens (including phenoxy) is 2. The van der Waals surface area contributed by atoms with E-state index in [0.717, 1.165) is 16.3 Å². The number of carbonyl (C=O) groups excluding carboxylic acids is 1. The summed E-state index contributed by atoms with van der Waals surface area (Å²) in [7, 11) is 0. The second-order valence-electron chi connectivity index (χ2n) is 7.26. The molecule has 0 fully saturated rings. The molecule has 6 heteroatoms. The van der Waals surface area contributed by atoms with Gasteiger partial charge in [-0.05, 0) is 53.1 Å². The monoisotopic (exact) mass is 458 g/mol. The Morgan fingerprint density at radius 3 is 2.55 bits per heavy atom. The van der Waals surface area contributed by atoms with Crippen LogP contribution in [0.15, 0.2) is 90.0 Å². The summed E-state index contributed by atoms with van der Waals surface area (Å²) in [6.45, 7) is 2.69. The molecule has 4 aromatic carbocycles. The van der Waals surface area contributed by atoms with Crippen molar-refractivity contribution in [3.63, 3.8) is 0 Å². The molecule has 0 saturated heterocycles. The van der Waals surface area contributed by atoms with Crippen LogP contribution in [0.2, 0.25) is 5.02 Å². The minimum absolute atomic E-state index is 0.294. The molecule has 0 aliphatic carbocycles. The predicted molar refractivity (Wildman–Crippen MR) is 132 cm³/mol. The van der Waals surface area contributed by atoms with Gasteiger partial charge in [0.2, 0.25) is 0 Å². The van der Waals surface area contributed by atoms with Gasteiger partial charge in [0.1, 0.15) is 6.61 Å². The molecule has 0 radical (unpaired) electrons. The summed E-state index contributed by atoms with van der Waals surface area (Å²) < 4.78 is 11.9. The van der Waals surface area contributed by atoms with E-state index in [9.17, 15) is 4.79 Å². The van der Waals surface area contributed by atoms with Crippen molar-refractivity contribution in [2.45, 2.75) is 13.5 Å². The molecule has 0 unspecified atom stereocenters. The van der Waals surface area contributed by atoms with Gasteiger partial charge in [0.15, 0.2) is 11.5 Å². The molecule has 1 amide bonds. The van der Waals surface area contributed by atoms with Crippen molar-refractivity contribution in [3.05, 3.63) is 107 Å². The van der Waals surface area contributed by atoms with Gasteiger partial charge < -0.3 is 9.47 Å². The molecule has 0 heterocycles. The third-order valence-corrected chi connectivity index (χ3v) is 5.28. The zero-order valence-corrected chi connectivity index (χ0v) is 18.9. The van der Waals surface area contributed by atoms with Crippen LogP contribution < -0.4 is 14.9 Å². The summed E-state index contributed by atoms with van der Waals surface area (Å²) in [5.41, 5.74) is 4.77. The predicted octanol–water partition coefficient (Wildman–Crippen LogP) is 6.23. The first-order valence-electron chi connectivity index (χ1n) is 10.6. The molecule has 4 aromatic rings. The van der Waals surface area contributed by atoms with Crippen LogP contribution in [-0.2, 0) is 6.61 Å². The van der Waals surface area contributed by atoms with Crippen LogP contribution in [0.4, 0.5) is 0 Å². The molecule has 166 valence electrons. The van der Waals surface area contributed by atoms with E-state index in [2.05, 4.69) is 28.7 Å². The molecule has 0 atom stereocenters. The number of halogens is 1. The summed E-state index contributed by atoms with van der Waals surface area (Å²) in [6.07, 6.45) is 1.52. The Labute approximate surface area is 197 Å². The number of hydrazone groups is 1. The van der Waals surface area contributed by atoms with E-state index in [4.69, 9.17) is 21.1 Å². The molecule has 0 aliphatic rings. The summed E-state index contributed by atoms with van der Waals surface area (Å²) in [6, 6.07) is 26.7. The Balaban J connectivity index is 1.51. The fourth-order valence-electron chi connectivity index (χ4n) is 3.45. The number of hydrogen-bond acceptors (Lipinski definition) is 4. The van der Waals surface area contributed by atoms with Crippen molar-refractivity contribution >= 4 is 34.5 Å². The lowest BCUT2D eigenvalue weighted by molar-refractivity contribution is 0.0955. The van der Waals surface area contributed by atoms with Crippen molar-refractivity contribution in [1.82, 2.24) is 5.43 Å². The Bertz CT molecular complexity index is 1280. The Hall–Kier alpha value is -3.83. The fraction of sp³-hybridized carbons (Fsp3) is 0.111. The Kier molecular flexibility index (Phi) is 7.22. The molecule has 0 aromatic heterocycles. The van der Waals surface area contributed by atoms with Crippen LogP contribution >= 0.6 is 11.6 Å². The number of carbonyl (C=O) groups is 1. The molecule has 5 nitrogen and oxygen atoms in total. The summed E-state index contributed by atoms with van der Waals surface area (Å²) in [4.78, 5) is 12.1. The SMILES string of the molecule is CCOc1cc(/C=N\NC(=O)c2ccccc2)cc(Cl)c1OCc1cccc2ccccc12. The number of amides is 1. The molecule has 0 bridgehead atoms. The van der Waals surface area contributed by atoms with Crippen LogP contribution in [0.1, 0.15) is 28.4 Å². The van der Waals surface area contributed by atoms with Crippen molar-refractivity contribution in [2.75, 3.05) is 6.61 Å². The van der Waals surface area contributed by atoms with Gasteiger partial charge in [-0.1, -0.05) is 72.3 Å². The van der Waals surface area contributed by atoms with Crippen molar-refractivity contribution in [1.29, 1.82) is 0 Å². The van der Waals surface area contributed by atoms with Crippen LogP contribution in [0, 0.1) is 0 Å². The number of nitrogens with zero attached hydrogens (tertiary/aromatic N) is 1. The second kappa shape index (κ2) is 10.7. The Morgan fingerprint density at radius 1 is 0.970 bits per heavy atom. The van der Waals surface area contributed by atoms with Gasteiger partial charge >= 0.3 is 0 Å². The van der Waals surface area contributed by atoms with Crippen LogP contribution in [0.5, 0.6) is 11.5 Å². The summed E-state index contributed by atoms with van der Waals surface area (Å²) in [5.74, 6) is 0.691. The minimum atomic E-state index is -0.294. The molecule has 0 aliphatic heterocycles. The van der Waals surface area contributed by atoms with Gasteiger partial charge in [0.05, 0.1) is 17.8 Å². The summed E-state index contributed by atoms with van der Waals surface area (Å²) >= 11 is 6.54. The number of rotatable bonds is 8. The number of fused-ring (bicyclic) bond motifs is 1. The zero-order valence-electron chi connectivity index (χ0n) is 18.1. The molecule has 0 saturated carbocycles. The average Bonchev–Trinajstić information content (AvgIpc) is 2.84. The quantitative estimate of drug-likeness (QED) is 0.251. The first-order chi connectivity index (χ1) is 16.2. The van der Waals surface area contributed by atoms with Gasteiger partial charge in [-0.2, -0.15) is 5.10 Å². The lowest BCUT2D eigenvalue weighted by Gasteiger charge is -2.15. The average molecular weight is 459 g/mol. The molecule has 0 spiro atoms. The first-order valence-corrected chi connectivity index (χ1v) is 11.0. The highest BCUT2D eigenvalue weighted by Gasteiger charge is 2.13. The van der Waals surface area contributed by atoms with E-state index >= 15 is 0 Å². The van der Waals surface area contributed by atoms with Crippen molar-refractivity contribution in [3.8, 4) is 11.5 Å². The van der Waals surface area contributed by atoms with Gasteiger partial charge in [-0.25, -0.2) is 5.43 Å². The lowest BCUT2D eigenvalue weighted by atomic mass is 10.1. The van der Waals surface area contributed by atoms with E-state index in [1.54, 1.807) is 36.4 Å². The fourth-order valence-corrected chi connectivity index (χ4v) is 3.73. The van der Waals surface area contributed by atoms with E-state index in [-0.39, 0.29) is 5.91 Å². The Morgan fingerprint density at radius 2 is 1.73 bits per heavy atom. The third kappa shape index (κ3) is 5.51. The van der Waals surface area contributed by atoms with Gasteiger partial charge in [-0.15, -0.1) is 0 Å². The molecular formula is C27H23ClN2O3. The maximum atomic E-state index is 12.1. The van der Waals surface area contributed by atoms with E-state index in [1.807, 2.05) is 37.3 Å². The summed E-state index contributed by atoms with van der Waals surface area (Å²) in [5, 5.41) is 6.72. The second-order valence-corrected chi connectivity index (χ2v) is 7.66. The smallest absolute Gasteiger partial charge is 0.271 e. The number of nitrogens with one attached hydrogen (secondary N) is 1. The highest BCUT2D eigenvalue weighted by Crippen LogP contribution is 2.37. The highest BCUT2D eigenvalue weighted by atomic mass is 35.5. The largest absolute Gasteiger partial charge is 0.490 e. The number of hydrogen-bond donors (Lipinski definition) is 1. The van der Waals surface area contributed by atoms with Gasteiger partial charge in [0, 0.05) is 5.56 Å². The highest BCUT2D eigenvalue weighted by molar-refractivity contribution is 6.32. The number of benzene rings is 4. The standard InChI is InChI=1S/C27H23ClN2O3/c1-2-32-25-16-19(17-29-30-27(31)21-10-4-3-5-11-21)15-24(28)26(25)33-18-22-13-8-12-20-9-6-7-14-23(20)22/h3-17H,2,18H2,1H3,(H,30,31)/b29-17-. The maximum absolute atomic E-state index is 12.1. The molecule has 33 heavy (non-hydrogen) atoms. The van der Waals surface area contributed by atoms with Gasteiger partial charge in [-0.3, -0.25) is 4.79 Å². The van der Waals surface area contributed by atoms with E-state index < -0.39 is 0 Å².